The Bertz CT molecular complexity index is 517. The van der Waals surface area contributed by atoms with E-state index in [0.29, 0.717) is 18.4 Å². The molecule has 4 nitrogen and oxygen atoms in total. The number of hydrogen-bond acceptors (Lipinski definition) is 5. The summed E-state index contributed by atoms with van der Waals surface area (Å²) in [5, 5.41) is 8.94. The Morgan fingerprint density at radius 1 is 1.50 bits per heavy atom. The molecule has 0 aliphatic carbocycles. The monoisotopic (exact) mass is 281 g/mol. The summed E-state index contributed by atoms with van der Waals surface area (Å²) in [7, 11) is 0. The van der Waals surface area contributed by atoms with Crippen molar-refractivity contribution in [2.24, 2.45) is 10.9 Å². The van der Waals surface area contributed by atoms with Gasteiger partial charge in [0.2, 0.25) is 0 Å². The lowest BCUT2D eigenvalue weighted by molar-refractivity contribution is 0.128. The summed E-state index contributed by atoms with van der Waals surface area (Å²) in [6, 6.07) is 3.84. The maximum atomic E-state index is 5.77. The molecule has 0 aliphatic heterocycles. The third kappa shape index (κ3) is 3.30. The topological polar surface area (TPSA) is 60.5 Å². The van der Waals surface area contributed by atoms with Crippen molar-refractivity contribution in [3.05, 3.63) is 38.5 Å². The van der Waals surface area contributed by atoms with E-state index in [4.69, 9.17) is 10.6 Å². The van der Waals surface area contributed by atoms with Gasteiger partial charge in [-0.1, -0.05) is 25.1 Å². The standard InChI is InChI=1S/C12H15N3OS2/c1-8(2)12-14-9(7-18-12)6-16-15-11(13)10-4-3-5-17-10/h3-5,7-8H,6H2,1-2H3,(H2,13,15). The maximum absolute atomic E-state index is 5.77. The molecule has 0 aliphatic rings. The highest BCUT2D eigenvalue weighted by Crippen LogP contribution is 2.19. The highest BCUT2D eigenvalue weighted by Gasteiger charge is 2.06. The number of thiophene rings is 1. The number of hydrogen-bond donors (Lipinski definition) is 1. The van der Waals surface area contributed by atoms with E-state index < -0.39 is 0 Å². The number of aromatic nitrogens is 1. The molecule has 96 valence electrons. The van der Waals surface area contributed by atoms with Crippen molar-refractivity contribution in [1.29, 1.82) is 0 Å². The minimum absolute atomic E-state index is 0.356. The summed E-state index contributed by atoms with van der Waals surface area (Å²) in [6.45, 7) is 4.60. The molecule has 6 heteroatoms. The highest BCUT2D eigenvalue weighted by molar-refractivity contribution is 7.12. The second-order valence-electron chi connectivity index (χ2n) is 4.06. The van der Waals surface area contributed by atoms with Crippen LogP contribution in [0.2, 0.25) is 0 Å². The van der Waals surface area contributed by atoms with Gasteiger partial charge in [0.05, 0.1) is 15.6 Å². The van der Waals surface area contributed by atoms with Crippen LogP contribution in [-0.2, 0) is 11.4 Å². The minimum atomic E-state index is 0.356. The van der Waals surface area contributed by atoms with Crippen molar-refractivity contribution >= 4 is 28.5 Å². The smallest absolute Gasteiger partial charge is 0.180 e. The Kier molecular flexibility index (Phi) is 4.33. The quantitative estimate of drug-likeness (QED) is 0.520. The molecule has 2 aromatic heterocycles. The Hall–Kier alpha value is -1.40. The van der Waals surface area contributed by atoms with E-state index in [2.05, 4.69) is 24.0 Å². The molecule has 0 fully saturated rings. The van der Waals surface area contributed by atoms with Gasteiger partial charge < -0.3 is 10.6 Å². The second kappa shape index (κ2) is 5.97. The molecule has 0 unspecified atom stereocenters. The van der Waals surface area contributed by atoms with Gasteiger partial charge in [0.25, 0.3) is 0 Å². The maximum Gasteiger partial charge on any atom is 0.180 e. The van der Waals surface area contributed by atoms with Crippen molar-refractivity contribution in [3.63, 3.8) is 0 Å². The molecule has 2 N–H and O–H groups in total. The first kappa shape index (κ1) is 13.0. The van der Waals surface area contributed by atoms with Gasteiger partial charge in [0.1, 0.15) is 0 Å². The predicted molar refractivity (Wildman–Crippen MR) is 76.0 cm³/mol. The average Bonchev–Trinajstić information content (AvgIpc) is 3.00. The van der Waals surface area contributed by atoms with Crippen LogP contribution in [0.4, 0.5) is 0 Å². The van der Waals surface area contributed by atoms with Crippen LogP contribution < -0.4 is 5.73 Å². The summed E-state index contributed by atoms with van der Waals surface area (Å²) < 4.78 is 0. The first-order chi connectivity index (χ1) is 8.66. The predicted octanol–water partition coefficient (Wildman–Crippen LogP) is 3.17. The van der Waals surface area contributed by atoms with Crippen LogP contribution in [0, 0.1) is 0 Å². The second-order valence-corrected chi connectivity index (χ2v) is 5.90. The van der Waals surface area contributed by atoms with Gasteiger partial charge >= 0.3 is 0 Å². The molecular formula is C12H15N3OS2. The molecule has 18 heavy (non-hydrogen) atoms. The number of nitrogens with zero attached hydrogens (tertiary/aromatic N) is 2. The Balaban J connectivity index is 1.90. The van der Waals surface area contributed by atoms with Gasteiger partial charge in [-0.15, -0.1) is 22.7 Å². The number of amidine groups is 1. The van der Waals surface area contributed by atoms with E-state index in [-0.39, 0.29) is 0 Å². The van der Waals surface area contributed by atoms with Gasteiger partial charge in [0, 0.05) is 11.3 Å². The lowest BCUT2D eigenvalue weighted by Gasteiger charge is -1.99. The lowest BCUT2D eigenvalue weighted by Crippen LogP contribution is -2.11. The number of rotatable bonds is 5. The fourth-order valence-corrected chi connectivity index (χ4v) is 2.73. The zero-order valence-electron chi connectivity index (χ0n) is 10.3. The molecule has 0 radical (unpaired) electrons. The number of thiazole rings is 1. The molecule has 0 atom stereocenters. The SMILES string of the molecule is CC(C)c1nc(CO/N=C(/N)c2cccs2)cs1. The first-order valence-corrected chi connectivity index (χ1v) is 7.36. The van der Waals surface area contributed by atoms with Crippen molar-refractivity contribution in [1.82, 2.24) is 4.98 Å². The summed E-state index contributed by atoms with van der Waals surface area (Å²) in [5.41, 5.74) is 6.67. The third-order valence-corrected chi connectivity index (χ3v) is 4.30. The average molecular weight is 281 g/mol. The van der Waals surface area contributed by atoms with Crippen LogP contribution in [0.1, 0.15) is 35.3 Å². The van der Waals surface area contributed by atoms with E-state index in [0.717, 1.165) is 15.6 Å². The van der Waals surface area contributed by atoms with Crippen LogP contribution in [0.15, 0.2) is 28.0 Å². The van der Waals surface area contributed by atoms with E-state index in [1.165, 1.54) is 11.3 Å². The van der Waals surface area contributed by atoms with Crippen molar-refractivity contribution in [2.75, 3.05) is 0 Å². The normalized spacial score (nSPS) is 12.1. The summed E-state index contributed by atoms with van der Waals surface area (Å²) in [6.07, 6.45) is 0. The fourth-order valence-electron chi connectivity index (χ4n) is 1.29. The largest absolute Gasteiger partial charge is 0.388 e. The van der Waals surface area contributed by atoms with E-state index in [1.807, 2.05) is 22.9 Å². The van der Waals surface area contributed by atoms with Gasteiger partial charge in [-0.3, -0.25) is 0 Å². The van der Waals surface area contributed by atoms with Crippen LogP contribution in [-0.4, -0.2) is 10.8 Å². The molecule has 0 bridgehead atoms. The molecule has 0 spiro atoms. The Morgan fingerprint density at radius 2 is 2.33 bits per heavy atom. The number of oxime groups is 1. The fraction of sp³-hybridized carbons (Fsp3) is 0.333. The molecule has 2 heterocycles. The van der Waals surface area contributed by atoms with Crippen LogP contribution in [0.5, 0.6) is 0 Å². The molecule has 2 rings (SSSR count). The summed E-state index contributed by atoms with van der Waals surface area (Å²) in [5.74, 6) is 0.854. The number of nitrogens with two attached hydrogens (primary N) is 1. The lowest BCUT2D eigenvalue weighted by atomic mass is 10.2. The highest BCUT2D eigenvalue weighted by atomic mass is 32.1. The Morgan fingerprint density at radius 3 is 2.94 bits per heavy atom. The van der Waals surface area contributed by atoms with Crippen molar-refractivity contribution in [3.8, 4) is 0 Å². The third-order valence-electron chi connectivity index (χ3n) is 2.21. The first-order valence-electron chi connectivity index (χ1n) is 5.60. The van der Waals surface area contributed by atoms with Gasteiger partial charge in [-0.25, -0.2) is 4.98 Å². The van der Waals surface area contributed by atoms with E-state index >= 15 is 0 Å². The molecule has 0 aromatic carbocycles. The summed E-state index contributed by atoms with van der Waals surface area (Å²) >= 11 is 3.18. The van der Waals surface area contributed by atoms with Crippen LogP contribution in [0.25, 0.3) is 0 Å². The zero-order valence-corrected chi connectivity index (χ0v) is 11.9. The molecular weight excluding hydrogens is 266 g/mol. The van der Waals surface area contributed by atoms with Gasteiger partial charge in [0.15, 0.2) is 12.4 Å². The molecule has 2 aromatic rings. The van der Waals surface area contributed by atoms with Crippen LogP contribution in [0.3, 0.4) is 0 Å². The van der Waals surface area contributed by atoms with Gasteiger partial charge in [-0.05, 0) is 11.4 Å². The van der Waals surface area contributed by atoms with Crippen molar-refractivity contribution < 1.29 is 4.84 Å². The van der Waals surface area contributed by atoms with E-state index in [9.17, 15) is 0 Å². The van der Waals surface area contributed by atoms with Gasteiger partial charge in [-0.2, -0.15) is 0 Å². The zero-order chi connectivity index (χ0) is 13.0. The summed E-state index contributed by atoms with van der Waals surface area (Å²) in [4.78, 5) is 10.6. The molecule has 0 amide bonds. The van der Waals surface area contributed by atoms with E-state index in [1.54, 1.807) is 11.3 Å². The van der Waals surface area contributed by atoms with Crippen LogP contribution >= 0.6 is 22.7 Å². The Labute approximate surface area is 114 Å². The minimum Gasteiger partial charge on any atom is -0.388 e. The molecule has 0 saturated heterocycles. The van der Waals surface area contributed by atoms with Crippen molar-refractivity contribution in [2.45, 2.75) is 26.4 Å². The molecule has 0 saturated carbocycles.